The number of fused-ring (bicyclic) bond motifs is 2. The van der Waals surface area contributed by atoms with Crippen LogP contribution in [0.1, 0.15) is 18.9 Å². The lowest BCUT2D eigenvalue weighted by atomic mass is 9.97. The molecule has 4 rings (SSSR count). The number of halogens is 1. The predicted molar refractivity (Wildman–Crippen MR) is 107 cm³/mol. The maximum atomic E-state index is 13.6. The topological polar surface area (TPSA) is 15.3 Å². The Morgan fingerprint density at radius 2 is 1.92 bits per heavy atom. The van der Waals surface area contributed by atoms with Gasteiger partial charge in [-0.15, -0.1) is 0 Å². The van der Waals surface area contributed by atoms with E-state index in [0.29, 0.717) is 5.11 Å². The first kappa shape index (κ1) is 16.0. The molecule has 0 saturated heterocycles. The molecule has 0 radical (unpaired) electrons. The number of hydrogen-bond donors (Lipinski definition) is 1. The fourth-order valence-corrected chi connectivity index (χ4v) is 3.93. The smallest absolute Gasteiger partial charge is 0.178 e. The van der Waals surface area contributed by atoms with Crippen LogP contribution in [0.4, 0.5) is 15.8 Å². The van der Waals surface area contributed by atoms with Gasteiger partial charge in [0.2, 0.25) is 0 Å². The summed E-state index contributed by atoms with van der Waals surface area (Å²) in [7, 11) is 0. The number of nitrogens with one attached hydrogen (secondary N) is 1. The molecule has 0 bridgehead atoms. The molecule has 1 aliphatic rings. The van der Waals surface area contributed by atoms with E-state index in [-0.39, 0.29) is 11.9 Å². The Hall–Kier alpha value is -2.46. The highest BCUT2D eigenvalue weighted by atomic mass is 32.1. The van der Waals surface area contributed by atoms with Crippen molar-refractivity contribution in [2.75, 3.05) is 10.2 Å². The molecule has 1 heterocycles. The Balaban J connectivity index is 1.69. The van der Waals surface area contributed by atoms with Crippen molar-refractivity contribution in [3.8, 4) is 0 Å². The summed E-state index contributed by atoms with van der Waals surface area (Å²) < 4.78 is 13.6. The van der Waals surface area contributed by atoms with Gasteiger partial charge >= 0.3 is 0 Å². The first-order valence-corrected chi connectivity index (χ1v) is 8.91. The molecule has 0 saturated carbocycles. The van der Waals surface area contributed by atoms with Gasteiger partial charge in [-0.2, -0.15) is 0 Å². The minimum absolute atomic E-state index is 0.193. The summed E-state index contributed by atoms with van der Waals surface area (Å²) in [5, 5.41) is 6.36. The van der Waals surface area contributed by atoms with Gasteiger partial charge in [-0.1, -0.05) is 36.4 Å². The minimum Gasteiger partial charge on any atom is -0.332 e. The van der Waals surface area contributed by atoms with E-state index in [1.54, 1.807) is 6.07 Å². The van der Waals surface area contributed by atoms with Crippen molar-refractivity contribution in [3.05, 3.63) is 72.0 Å². The van der Waals surface area contributed by atoms with E-state index in [1.165, 1.54) is 11.5 Å². The highest BCUT2D eigenvalue weighted by Gasteiger charge is 2.26. The van der Waals surface area contributed by atoms with Gasteiger partial charge < -0.3 is 10.2 Å². The van der Waals surface area contributed by atoms with Crippen molar-refractivity contribution in [2.24, 2.45) is 0 Å². The van der Waals surface area contributed by atoms with Crippen LogP contribution in [0.5, 0.6) is 0 Å². The molecule has 1 atom stereocenters. The van der Waals surface area contributed by atoms with Crippen LogP contribution >= 0.6 is 12.2 Å². The molecule has 25 heavy (non-hydrogen) atoms. The monoisotopic (exact) mass is 350 g/mol. The second-order valence-corrected chi connectivity index (χ2v) is 6.87. The van der Waals surface area contributed by atoms with Crippen LogP contribution in [0.25, 0.3) is 10.8 Å². The van der Waals surface area contributed by atoms with Crippen molar-refractivity contribution in [1.82, 2.24) is 0 Å². The molecule has 0 fully saturated rings. The molecule has 3 aromatic carbocycles. The quantitative estimate of drug-likeness (QED) is 0.582. The zero-order valence-corrected chi connectivity index (χ0v) is 14.8. The van der Waals surface area contributed by atoms with Crippen LogP contribution in [0.3, 0.4) is 0 Å². The van der Waals surface area contributed by atoms with E-state index < -0.39 is 0 Å². The fourth-order valence-electron chi connectivity index (χ4n) is 3.54. The van der Waals surface area contributed by atoms with Gasteiger partial charge in [0.1, 0.15) is 5.82 Å². The predicted octanol–water partition coefficient (Wildman–Crippen LogP) is 5.52. The molecule has 0 aromatic heterocycles. The number of benzene rings is 3. The fraction of sp³-hybridized carbons (Fsp3) is 0.190. The van der Waals surface area contributed by atoms with E-state index in [2.05, 4.69) is 35.3 Å². The molecule has 0 aliphatic carbocycles. The maximum Gasteiger partial charge on any atom is 0.178 e. The second-order valence-electron chi connectivity index (χ2n) is 6.49. The van der Waals surface area contributed by atoms with E-state index in [9.17, 15) is 4.39 Å². The SMILES string of the molecule is CC1CCc2cc(F)ccc2N1C(=S)Nc1cccc2ccccc12. The maximum absolute atomic E-state index is 13.6. The molecule has 0 amide bonds. The van der Waals surface area contributed by atoms with Gasteiger partial charge in [0.05, 0.1) is 0 Å². The van der Waals surface area contributed by atoms with Crippen LogP contribution < -0.4 is 10.2 Å². The summed E-state index contributed by atoms with van der Waals surface area (Å²) in [6, 6.07) is 19.6. The lowest BCUT2D eigenvalue weighted by Crippen LogP contribution is -2.44. The van der Waals surface area contributed by atoms with Gasteiger partial charge in [-0.25, -0.2) is 4.39 Å². The van der Waals surface area contributed by atoms with Gasteiger partial charge in [-0.3, -0.25) is 0 Å². The van der Waals surface area contributed by atoms with E-state index >= 15 is 0 Å². The summed E-state index contributed by atoms with van der Waals surface area (Å²) in [4.78, 5) is 2.11. The van der Waals surface area contributed by atoms with Crippen molar-refractivity contribution in [2.45, 2.75) is 25.8 Å². The molecular formula is C21H19FN2S. The molecule has 2 nitrogen and oxygen atoms in total. The molecule has 3 aromatic rings. The number of aryl methyl sites for hydroxylation is 1. The molecular weight excluding hydrogens is 331 g/mol. The van der Waals surface area contributed by atoms with Crippen LogP contribution in [-0.2, 0) is 6.42 Å². The van der Waals surface area contributed by atoms with Crippen LogP contribution in [-0.4, -0.2) is 11.2 Å². The second kappa shape index (κ2) is 6.45. The third-order valence-corrected chi connectivity index (χ3v) is 5.12. The third kappa shape index (κ3) is 2.98. The average Bonchev–Trinajstić information content (AvgIpc) is 2.62. The Morgan fingerprint density at radius 1 is 1.12 bits per heavy atom. The number of hydrogen-bond acceptors (Lipinski definition) is 1. The zero-order chi connectivity index (χ0) is 17.4. The summed E-state index contributed by atoms with van der Waals surface area (Å²) in [5.74, 6) is -0.193. The number of rotatable bonds is 1. The Kier molecular flexibility index (Phi) is 4.14. The van der Waals surface area contributed by atoms with Crippen molar-refractivity contribution in [1.29, 1.82) is 0 Å². The molecule has 4 heteroatoms. The van der Waals surface area contributed by atoms with Crippen LogP contribution in [0.15, 0.2) is 60.7 Å². The molecule has 0 spiro atoms. The normalized spacial score (nSPS) is 16.6. The van der Waals surface area contributed by atoms with E-state index in [0.717, 1.165) is 35.2 Å². The molecule has 1 N–H and O–H groups in total. The first-order valence-electron chi connectivity index (χ1n) is 8.50. The number of nitrogens with zero attached hydrogens (tertiary/aromatic N) is 1. The van der Waals surface area contributed by atoms with Gasteiger partial charge in [-0.05, 0) is 67.2 Å². The largest absolute Gasteiger partial charge is 0.332 e. The Labute approximate surface area is 152 Å². The Bertz CT molecular complexity index is 948. The average molecular weight is 350 g/mol. The van der Waals surface area contributed by atoms with E-state index in [1.807, 2.05) is 30.3 Å². The summed E-state index contributed by atoms with van der Waals surface area (Å²) >= 11 is 5.73. The summed E-state index contributed by atoms with van der Waals surface area (Å²) in [6.45, 7) is 2.16. The number of thiocarbonyl (C=S) groups is 1. The third-order valence-electron chi connectivity index (χ3n) is 4.82. The summed E-state index contributed by atoms with van der Waals surface area (Å²) in [5.41, 5.74) is 3.00. The Morgan fingerprint density at radius 3 is 2.80 bits per heavy atom. The highest BCUT2D eigenvalue weighted by molar-refractivity contribution is 7.80. The standard InChI is InChI=1S/C21H19FN2S/c1-14-9-10-16-13-17(22)11-12-20(16)24(14)21(25)23-19-8-4-6-15-5-2-3-7-18(15)19/h2-8,11-14H,9-10H2,1H3,(H,23,25). The lowest BCUT2D eigenvalue weighted by molar-refractivity contribution is 0.604. The molecule has 1 aliphatic heterocycles. The molecule has 126 valence electrons. The van der Waals surface area contributed by atoms with Crippen molar-refractivity contribution in [3.63, 3.8) is 0 Å². The molecule has 1 unspecified atom stereocenters. The van der Waals surface area contributed by atoms with Crippen LogP contribution in [0.2, 0.25) is 0 Å². The van der Waals surface area contributed by atoms with Gasteiger partial charge in [0.15, 0.2) is 5.11 Å². The highest BCUT2D eigenvalue weighted by Crippen LogP contribution is 2.32. The summed E-state index contributed by atoms with van der Waals surface area (Å²) in [6.07, 6.45) is 1.83. The van der Waals surface area contributed by atoms with Crippen molar-refractivity contribution < 1.29 is 4.39 Å². The first-order chi connectivity index (χ1) is 12.1. The van der Waals surface area contributed by atoms with Gasteiger partial charge in [0, 0.05) is 22.8 Å². The number of anilines is 2. The van der Waals surface area contributed by atoms with Gasteiger partial charge in [0.25, 0.3) is 0 Å². The van der Waals surface area contributed by atoms with Crippen molar-refractivity contribution >= 4 is 39.5 Å². The lowest BCUT2D eigenvalue weighted by Gasteiger charge is -2.37. The van der Waals surface area contributed by atoms with Crippen LogP contribution in [0, 0.1) is 5.82 Å². The van der Waals surface area contributed by atoms with E-state index in [4.69, 9.17) is 12.2 Å². The zero-order valence-electron chi connectivity index (χ0n) is 14.0. The minimum atomic E-state index is -0.193.